The van der Waals surface area contributed by atoms with Crippen LogP contribution < -0.4 is 16.2 Å². The summed E-state index contributed by atoms with van der Waals surface area (Å²) in [5.74, 6) is -0.756. The Morgan fingerprint density at radius 3 is 2.67 bits per heavy atom. The van der Waals surface area contributed by atoms with E-state index in [1.54, 1.807) is 54.6 Å². The van der Waals surface area contributed by atoms with Crippen molar-refractivity contribution in [1.82, 2.24) is 14.9 Å². The van der Waals surface area contributed by atoms with Crippen LogP contribution in [-0.2, 0) is 11.3 Å². The Bertz CT molecular complexity index is 1070. The molecule has 27 heavy (non-hydrogen) atoms. The molecule has 0 bridgehead atoms. The van der Waals surface area contributed by atoms with Gasteiger partial charge in [-0.15, -0.1) is 6.58 Å². The van der Waals surface area contributed by atoms with Crippen molar-refractivity contribution in [2.45, 2.75) is 6.54 Å². The Morgan fingerprint density at radius 2 is 1.85 bits per heavy atom. The highest BCUT2D eigenvalue weighted by Gasteiger charge is 2.13. The molecule has 7 nitrogen and oxygen atoms in total. The molecule has 2 N–H and O–H groups in total. The fraction of sp³-hybridized carbons (Fsp3) is 0.100. The van der Waals surface area contributed by atoms with Crippen molar-refractivity contribution in [3.8, 4) is 0 Å². The van der Waals surface area contributed by atoms with E-state index in [-0.39, 0.29) is 18.0 Å². The summed E-state index contributed by atoms with van der Waals surface area (Å²) in [6, 6.07) is 13.6. The molecule has 0 unspecified atom stereocenters. The maximum Gasteiger partial charge on any atom is 0.261 e. The first-order valence-electron chi connectivity index (χ1n) is 8.32. The van der Waals surface area contributed by atoms with Crippen molar-refractivity contribution < 1.29 is 9.59 Å². The minimum atomic E-state index is -0.432. The smallest absolute Gasteiger partial charge is 0.261 e. The zero-order valence-electron chi connectivity index (χ0n) is 14.5. The second-order valence-corrected chi connectivity index (χ2v) is 5.79. The van der Waals surface area contributed by atoms with Gasteiger partial charge in [-0.1, -0.05) is 30.3 Å². The minimum Gasteiger partial charge on any atom is -0.349 e. The number of para-hydroxylation sites is 2. The lowest BCUT2D eigenvalue weighted by atomic mass is 10.1. The molecule has 1 aromatic heterocycles. The van der Waals surface area contributed by atoms with Crippen molar-refractivity contribution in [3.63, 3.8) is 0 Å². The molecule has 0 saturated carbocycles. The monoisotopic (exact) mass is 362 g/mol. The van der Waals surface area contributed by atoms with Crippen LogP contribution in [0.5, 0.6) is 0 Å². The fourth-order valence-electron chi connectivity index (χ4n) is 2.61. The van der Waals surface area contributed by atoms with Gasteiger partial charge in [0.05, 0.1) is 28.5 Å². The van der Waals surface area contributed by atoms with Crippen molar-refractivity contribution in [3.05, 3.63) is 83.4 Å². The van der Waals surface area contributed by atoms with E-state index in [1.165, 1.54) is 10.9 Å². The molecule has 0 aliphatic rings. The molecule has 7 heteroatoms. The molecule has 0 fully saturated rings. The number of carbonyl (C=O) groups is 2. The molecule has 0 atom stereocenters. The maximum atomic E-state index is 12.5. The third kappa shape index (κ3) is 4.09. The van der Waals surface area contributed by atoms with Crippen LogP contribution >= 0.6 is 0 Å². The van der Waals surface area contributed by atoms with Gasteiger partial charge in [0, 0.05) is 6.54 Å². The highest BCUT2D eigenvalue weighted by atomic mass is 16.2. The van der Waals surface area contributed by atoms with Gasteiger partial charge in [-0.3, -0.25) is 19.0 Å². The number of fused-ring (bicyclic) bond motifs is 1. The van der Waals surface area contributed by atoms with Gasteiger partial charge in [0.2, 0.25) is 5.91 Å². The third-order valence-corrected chi connectivity index (χ3v) is 3.90. The molecule has 0 spiro atoms. The number of aromatic nitrogens is 2. The Balaban J connectivity index is 1.79. The van der Waals surface area contributed by atoms with Crippen LogP contribution in [0.4, 0.5) is 5.69 Å². The average Bonchev–Trinajstić information content (AvgIpc) is 2.69. The molecule has 0 radical (unpaired) electrons. The first kappa shape index (κ1) is 18.1. The minimum absolute atomic E-state index is 0.209. The number of rotatable bonds is 6. The molecule has 1 heterocycles. The van der Waals surface area contributed by atoms with Crippen molar-refractivity contribution in [1.29, 1.82) is 0 Å². The summed E-state index contributed by atoms with van der Waals surface area (Å²) in [4.78, 5) is 41.3. The van der Waals surface area contributed by atoms with E-state index >= 15 is 0 Å². The summed E-state index contributed by atoms with van der Waals surface area (Å²) in [7, 11) is 0. The maximum absolute atomic E-state index is 12.5. The number of amides is 2. The molecular formula is C20H18N4O3. The standard InChI is InChI=1S/C20H18N4O3/c1-2-11-21-19(26)14-7-3-6-10-17(14)23-18(25)12-24-13-22-16-9-5-4-8-15(16)20(24)27/h2-10,13H,1,11-12H2,(H,21,26)(H,23,25). The molecular weight excluding hydrogens is 344 g/mol. The average molecular weight is 362 g/mol. The normalized spacial score (nSPS) is 10.4. The van der Waals surface area contributed by atoms with Gasteiger partial charge in [0.25, 0.3) is 11.5 Å². The molecule has 3 rings (SSSR count). The Morgan fingerprint density at radius 1 is 1.11 bits per heavy atom. The molecule has 0 aliphatic carbocycles. The van der Waals surface area contributed by atoms with E-state index < -0.39 is 5.91 Å². The van der Waals surface area contributed by atoms with Gasteiger partial charge < -0.3 is 10.6 Å². The van der Waals surface area contributed by atoms with E-state index in [1.807, 2.05) is 0 Å². The zero-order chi connectivity index (χ0) is 19.2. The van der Waals surface area contributed by atoms with Gasteiger partial charge in [0.15, 0.2) is 0 Å². The number of nitrogens with zero attached hydrogens (tertiary/aromatic N) is 2. The number of anilines is 1. The predicted molar refractivity (Wildman–Crippen MR) is 104 cm³/mol. The van der Waals surface area contributed by atoms with Gasteiger partial charge in [-0.25, -0.2) is 4.98 Å². The fourth-order valence-corrected chi connectivity index (χ4v) is 2.61. The highest BCUT2D eigenvalue weighted by molar-refractivity contribution is 6.03. The van der Waals surface area contributed by atoms with Crippen LogP contribution in [0.3, 0.4) is 0 Å². The third-order valence-electron chi connectivity index (χ3n) is 3.90. The summed E-state index contributed by atoms with van der Waals surface area (Å²) in [5.41, 5.74) is 0.971. The van der Waals surface area contributed by atoms with E-state index in [9.17, 15) is 14.4 Å². The van der Waals surface area contributed by atoms with Gasteiger partial charge in [-0.2, -0.15) is 0 Å². The Hall–Kier alpha value is -3.74. The number of benzene rings is 2. The molecule has 0 aliphatic heterocycles. The topological polar surface area (TPSA) is 93.1 Å². The number of carbonyl (C=O) groups excluding carboxylic acids is 2. The number of hydrogen-bond acceptors (Lipinski definition) is 4. The van der Waals surface area contributed by atoms with Crippen LogP contribution in [0.1, 0.15) is 10.4 Å². The summed E-state index contributed by atoms with van der Waals surface area (Å²) in [6.07, 6.45) is 2.91. The summed E-state index contributed by atoms with van der Waals surface area (Å²) in [6.45, 7) is 3.66. The molecule has 2 aromatic carbocycles. The quantitative estimate of drug-likeness (QED) is 0.656. The first-order valence-corrected chi connectivity index (χ1v) is 8.32. The van der Waals surface area contributed by atoms with Gasteiger partial charge >= 0.3 is 0 Å². The van der Waals surface area contributed by atoms with E-state index in [0.717, 1.165) is 0 Å². The van der Waals surface area contributed by atoms with Crippen molar-refractivity contribution >= 4 is 28.4 Å². The van der Waals surface area contributed by atoms with E-state index in [2.05, 4.69) is 22.2 Å². The van der Waals surface area contributed by atoms with E-state index in [0.29, 0.717) is 28.7 Å². The zero-order valence-corrected chi connectivity index (χ0v) is 14.5. The largest absolute Gasteiger partial charge is 0.349 e. The second kappa shape index (κ2) is 8.09. The molecule has 0 saturated heterocycles. The second-order valence-electron chi connectivity index (χ2n) is 5.79. The molecule has 3 aromatic rings. The Kier molecular flexibility index (Phi) is 5.41. The lowest BCUT2D eigenvalue weighted by molar-refractivity contribution is -0.116. The first-order chi connectivity index (χ1) is 13.1. The molecule has 136 valence electrons. The van der Waals surface area contributed by atoms with Crippen LogP contribution in [0.15, 0.2) is 72.3 Å². The predicted octanol–water partition coefficient (Wildman–Crippen LogP) is 1.95. The molecule has 2 amide bonds. The number of nitrogens with one attached hydrogen (secondary N) is 2. The SMILES string of the molecule is C=CCNC(=O)c1ccccc1NC(=O)Cn1cnc2ccccc2c1=O. The summed E-state index contributed by atoms with van der Waals surface area (Å²) >= 11 is 0. The van der Waals surface area contributed by atoms with Gasteiger partial charge in [-0.05, 0) is 24.3 Å². The van der Waals surface area contributed by atoms with Gasteiger partial charge in [0.1, 0.15) is 6.54 Å². The highest BCUT2D eigenvalue weighted by Crippen LogP contribution is 2.15. The Labute approximate surface area is 155 Å². The summed E-state index contributed by atoms with van der Waals surface area (Å²) in [5, 5.41) is 5.79. The lowest BCUT2D eigenvalue weighted by Crippen LogP contribution is -2.29. The summed E-state index contributed by atoms with van der Waals surface area (Å²) < 4.78 is 1.23. The van der Waals surface area contributed by atoms with Crippen LogP contribution in [0.2, 0.25) is 0 Å². The van der Waals surface area contributed by atoms with Crippen molar-refractivity contribution in [2.75, 3.05) is 11.9 Å². The van der Waals surface area contributed by atoms with Crippen LogP contribution in [0.25, 0.3) is 10.9 Å². The van der Waals surface area contributed by atoms with E-state index in [4.69, 9.17) is 0 Å². The van der Waals surface area contributed by atoms with Crippen molar-refractivity contribution in [2.24, 2.45) is 0 Å². The number of hydrogen-bond donors (Lipinski definition) is 2. The van der Waals surface area contributed by atoms with Crippen LogP contribution in [0, 0.1) is 0 Å². The lowest BCUT2D eigenvalue weighted by Gasteiger charge is -2.11. The van der Waals surface area contributed by atoms with Crippen LogP contribution in [-0.4, -0.2) is 27.9 Å².